The van der Waals surface area contributed by atoms with Crippen LogP contribution in [-0.2, 0) is 10.2 Å². The Morgan fingerprint density at radius 3 is 2.38 bits per heavy atom. The van der Waals surface area contributed by atoms with Gasteiger partial charge >= 0.3 is 0 Å². The van der Waals surface area contributed by atoms with Gasteiger partial charge in [0.1, 0.15) is 28.9 Å². The first-order valence-electron chi connectivity index (χ1n) is 12.9. The molecule has 1 fully saturated rings. The predicted octanol–water partition coefficient (Wildman–Crippen LogP) is 6.39. The fourth-order valence-corrected chi connectivity index (χ4v) is 5.76. The SMILES string of the molecule is CC(C)(O)CN1CC(CC(=O)CC(C)(C)c2cc(Cl)ccc2F)(CC(=O)c2cc(-c3ccc(F)cc3F)on2)C1. The highest BCUT2D eigenvalue weighted by Gasteiger charge is 2.47. The van der Waals surface area contributed by atoms with Crippen molar-refractivity contribution in [3.63, 3.8) is 0 Å². The summed E-state index contributed by atoms with van der Waals surface area (Å²) >= 11 is 6.07. The van der Waals surface area contributed by atoms with E-state index in [4.69, 9.17) is 16.1 Å². The largest absolute Gasteiger partial charge is 0.389 e. The molecule has 0 saturated carbocycles. The average Bonchev–Trinajstić information content (AvgIpc) is 3.28. The fraction of sp³-hybridized carbons (Fsp3) is 0.433. The van der Waals surface area contributed by atoms with Gasteiger partial charge in [-0.3, -0.25) is 14.5 Å². The number of benzene rings is 2. The molecule has 214 valence electrons. The first-order valence-corrected chi connectivity index (χ1v) is 13.3. The highest BCUT2D eigenvalue weighted by atomic mass is 35.5. The van der Waals surface area contributed by atoms with Crippen LogP contribution in [0.1, 0.15) is 63.0 Å². The van der Waals surface area contributed by atoms with Crippen molar-refractivity contribution in [2.45, 2.75) is 58.0 Å². The van der Waals surface area contributed by atoms with E-state index in [0.717, 1.165) is 6.07 Å². The number of aromatic nitrogens is 1. The molecule has 0 radical (unpaired) electrons. The molecule has 2 aromatic carbocycles. The van der Waals surface area contributed by atoms with Crippen LogP contribution >= 0.6 is 11.6 Å². The number of carbonyl (C=O) groups excluding carboxylic acids is 2. The number of carbonyl (C=O) groups is 2. The van der Waals surface area contributed by atoms with Crippen LogP contribution in [0.25, 0.3) is 11.3 Å². The molecule has 6 nitrogen and oxygen atoms in total. The van der Waals surface area contributed by atoms with Crippen LogP contribution < -0.4 is 0 Å². The standard InChI is InChI=1S/C30H32ClF3N2O4/c1-28(2,22-9-18(31)5-8-23(22)33)12-20(37)13-30(16-36(17-30)15-29(3,4)39)14-26(38)25-11-27(40-35-25)21-7-6-19(32)10-24(21)34/h5-11,39H,12-17H2,1-4H3. The van der Waals surface area contributed by atoms with E-state index >= 15 is 0 Å². The Bertz CT molecular complexity index is 1420. The zero-order valence-electron chi connectivity index (χ0n) is 22.9. The van der Waals surface area contributed by atoms with Gasteiger partial charge in [0.2, 0.25) is 0 Å². The molecular formula is C30H32ClF3N2O4. The van der Waals surface area contributed by atoms with Gasteiger partial charge in [-0.25, -0.2) is 13.2 Å². The van der Waals surface area contributed by atoms with E-state index in [1.165, 1.54) is 30.3 Å². The number of Topliss-reactive ketones (excluding diaryl/α,β-unsaturated/α-hetero) is 2. The second-order valence-electron chi connectivity index (χ2n) is 12.2. The Hall–Kier alpha value is -3.01. The van der Waals surface area contributed by atoms with Crippen LogP contribution in [0.5, 0.6) is 0 Å². The smallest absolute Gasteiger partial charge is 0.185 e. The molecule has 0 amide bonds. The molecule has 1 N–H and O–H groups in total. The number of likely N-dealkylation sites (tertiary alicyclic amines) is 1. The lowest BCUT2D eigenvalue weighted by Crippen LogP contribution is -2.60. The summed E-state index contributed by atoms with van der Waals surface area (Å²) in [5.41, 5.74) is -2.27. The number of aliphatic hydroxyl groups is 1. The lowest BCUT2D eigenvalue weighted by Gasteiger charge is -2.51. The van der Waals surface area contributed by atoms with Crippen LogP contribution in [0.3, 0.4) is 0 Å². The van der Waals surface area contributed by atoms with E-state index < -0.39 is 39.7 Å². The van der Waals surface area contributed by atoms with Gasteiger partial charge in [-0.1, -0.05) is 30.6 Å². The van der Waals surface area contributed by atoms with Crippen LogP contribution in [0.4, 0.5) is 13.2 Å². The quantitative estimate of drug-likeness (QED) is 0.267. The molecular weight excluding hydrogens is 545 g/mol. The molecule has 1 saturated heterocycles. The fourth-order valence-electron chi connectivity index (χ4n) is 5.59. The lowest BCUT2D eigenvalue weighted by atomic mass is 9.69. The minimum atomic E-state index is -0.966. The summed E-state index contributed by atoms with van der Waals surface area (Å²) in [5.74, 6) is -2.61. The number of rotatable bonds is 11. The summed E-state index contributed by atoms with van der Waals surface area (Å²) < 4.78 is 47.2. The third kappa shape index (κ3) is 7.00. The Labute approximate surface area is 236 Å². The highest BCUT2D eigenvalue weighted by molar-refractivity contribution is 6.30. The maximum Gasteiger partial charge on any atom is 0.185 e. The highest BCUT2D eigenvalue weighted by Crippen LogP contribution is 2.42. The molecule has 10 heteroatoms. The van der Waals surface area contributed by atoms with E-state index in [1.807, 2.05) is 4.90 Å². The lowest BCUT2D eigenvalue weighted by molar-refractivity contribution is -0.127. The first kappa shape index (κ1) is 30.0. The van der Waals surface area contributed by atoms with Crippen molar-refractivity contribution in [2.75, 3.05) is 19.6 Å². The molecule has 0 spiro atoms. The first-order chi connectivity index (χ1) is 18.6. The van der Waals surface area contributed by atoms with E-state index in [9.17, 15) is 27.9 Å². The maximum absolute atomic E-state index is 14.6. The number of hydrogen-bond donors (Lipinski definition) is 1. The second-order valence-corrected chi connectivity index (χ2v) is 12.6. The summed E-state index contributed by atoms with van der Waals surface area (Å²) in [6.07, 6.45) is 0.0542. The van der Waals surface area contributed by atoms with Crippen LogP contribution in [-0.4, -0.2) is 52.0 Å². The molecule has 0 bridgehead atoms. The molecule has 1 aromatic heterocycles. The van der Waals surface area contributed by atoms with E-state index in [2.05, 4.69) is 5.16 Å². The molecule has 1 aliphatic rings. The topological polar surface area (TPSA) is 83.6 Å². The molecule has 4 rings (SSSR count). The third-order valence-electron chi connectivity index (χ3n) is 7.13. The molecule has 3 aromatic rings. The minimum absolute atomic E-state index is 0.0199. The van der Waals surface area contributed by atoms with E-state index in [-0.39, 0.29) is 42.1 Å². The summed E-state index contributed by atoms with van der Waals surface area (Å²) in [7, 11) is 0. The average molecular weight is 577 g/mol. The van der Waals surface area contributed by atoms with Crippen LogP contribution in [0.15, 0.2) is 47.0 Å². The van der Waals surface area contributed by atoms with Crippen molar-refractivity contribution in [3.05, 3.63) is 76.2 Å². The predicted molar refractivity (Wildman–Crippen MR) is 145 cm³/mol. The van der Waals surface area contributed by atoms with Gasteiger partial charge in [0.25, 0.3) is 0 Å². The van der Waals surface area contributed by atoms with Gasteiger partial charge in [-0.15, -0.1) is 0 Å². The van der Waals surface area contributed by atoms with Gasteiger partial charge in [-0.2, -0.15) is 0 Å². The number of hydrogen-bond acceptors (Lipinski definition) is 6. The van der Waals surface area contributed by atoms with Gasteiger partial charge in [-0.05, 0) is 55.2 Å². The van der Waals surface area contributed by atoms with E-state index in [0.29, 0.717) is 36.3 Å². The summed E-state index contributed by atoms with van der Waals surface area (Å²) in [6, 6.07) is 8.52. The van der Waals surface area contributed by atoms with Gasteiger partial charge in [0.15, 0.2) is 11.5 Å². The molecule has 1 aliphatic heterocycles. The Morgan fingerprint density at radius 2 is 1.73 bits per heavy atom. The number of halogens is 4. The Morgan fingerprint density at radius 1 is 1.02 bits per heavy atom. The monoisotopic (exact) mass is 576 g/mol. The zero-order chi connectivity index (χ0) is 29.5. The summed E-state index contributed by atoms with van der Waals surface area (Å²) in [6.45, 7) is 8.02. The maximum atomic E-state index is 14.6. The van der Waals surface area contributed by atoms with Crippen molar-refractivity contribution in [2.24, 2.45) is 5.41 Å². The van der Waals surface area contributed by atoms with Crippen molar-refractivity contribution in [1.29, 1.82) is 0 Å². The van der Waals surface area contributed by atoms with Gasteiger partial charge in [0, 0.05) is 61.5 Å². The summed E-state index contributed by atoms with van der Waals surface area (Å²) in [4.78, 5) is 28.6. The van der Waals surface area contributed by atoms with Crippen LogP contribution in [0, 0.1) is 22.9 Å². The van der Waals surface area contributed by atoms with Gasteiger partial charge < -0.3 is 9.63 Å². The minimum Gasteiger partial charge on any atom is -0.389 e. The second kappa shape index (κ2) is 11.1. The van der Waals surface area contributed by atoms with Crippen molar-refractivity contribution in [3.8, 4) is 11.3 Å². The van der Waals surface area contributed by atoms with Crippen molar-refractivity contribution < 1.29 is 32.4 Å². The number of ketones is 2. The van der Waals surface area contributed by atoms with Crippen molar-refractivity contribution >= 4 is 23.2 Å². The van der Waals surface area contributed by atoms with Crippen LogP contribution in [0.2, 0.25) is 5.02 Å². The molecule has 0 aliphatic carbocycles. The molecule has 40 heavy (non-hydrogen) atoms. The number of β-amino-alcohol motifs (C(OH)–C–C–N with tert-alkyl or cyclic N) is 1. The number of nitrogens with zero attached hydrogens (tertiary/aromatic N) is 2. The summed E-state index contributed by atoms with van der Waals surface area (Å²) in [5, 5.41) is 14.4. The van der Waals surface area contributed by atoms with Crippen molar-refractivity contribution in [1.82, 2.24) is 10.1 Å². The molecule has 0 unspecified atom stereocenters. The zero-order valence-corrected chi connectivity index (χ0v) is 23.6. The van der Waals surface area contributed by atoms with E-state index in [1.54, 1.807) is 27.7 Å². The Balaban J connectivity index is 1.51. The third-order valence-corrected chi connectivity index (χ3v) is 7.36. The Kier molecular flexibility index (Phi) is 8.32. The molecule has 0 atom stereocenters. The van der Waals surface area contributed by atoms with Gasteiger partial charge in [0.05, 0.1) is 11.2 Å². The normalized spacial score (nSPS) is 15.6. The molecule has 2 heterocycles.